The molecule has 116 valence electrons. The minimum atomic E-state index is -4.40. The summed E-state index contributed by atoms with van der Waals surface area (Å²) in [6.07, 6.45) is -2.17. The number of amides is 2. The molecular weight excluding hydrogens is 287 g/mol. The van der Waals surface area contributed by atoms with E-state index in [4.69, 9.17) is 0 Å². The normalized spacial score (nSPS) is 18.7. The van der Waals surface area contributed by atoms with Gasteiger partial charge in [0.05, 0.1) is 11.9 Å². The van der Waals surface area contributed by atoms with E-state index in [0.29, 0.717) is 24.7 Å². The van der Waals surface area contributed by atoms with Crippen molar-refractivity contribution in [2.75, 3.05) is 25.0 Å². The summed E-state index contributed by atoms with van der Waals surface area (Å²) in [4.78, 5) is 17.3. The van der Waals surface area contributed by atoms with Crippen molar-refractivity contribution in [3.05, 3.63) is 18.3 Å². The van der Waals surface area contributed by atoms with Crippen LogP contribution < -0.4 is 10.1 Å². The quantitative estimate of drug-likeness (QED) is 0.934. The van der Waals surface area contributed by atoms with Crippen molar-refractivity contribution < 1.29 is 22.7 Å². The Balaban J connectivity index is 1.86. The molecule has 1 fully saturated rings. The van der Waals surface area contributed by atoms with Crippen LogP contribution in [0.1, 0.15) is 13.3 Å². The Labute approximate surface area is 120 Å². The van der Waals surface area contributed by atoms with Crippen molar-refractivity contribution in [2.45, 2.75) is 19.5 Å². The van der Waals surface area contributed by atoms with Gasteiger partial charge in [-0.25, -0.2) is 9.78 Å². The van der Waals surface area contributed by atoms with Gasteiger partial charge in [-0.3, -0.25) is 0 Å². The molecule has 5 nitrogen and oxygen atoms in total. The predicted octanol–water partition coefficient (Wildman–Crippen LogP) is 2.90. The fraction of sp³-hybridized carbons (Fsp3) is 0.538. The number of carbonyl (C=O) groups is 1. The molecule has 1 saturated heterocycles. The van der Waals surface area contributed by atoms with Crippen LogP contribution in [0.2, 0.25) is 0 Å². The molecule has 0 spiro atoms. The van der Waals surface area contributed by atoms with Gasteiger partial charge in [0.2, 0.25) is 5.88 Å². The fourth-order valence-corrected chi connectivity index (χ4v) is 2.02. The molecule has 1 aromatic heterocycles. The highest BCUT2D eigenvalue weighted by molar-refractivity contribution is 5.89. The van der Waals surface area contributed by atoms with Crippen LogP contribution in [0.25, 0.3) is 0 Å². The summed E-state index contributed by atoms with van der Waals surface area (Å²) in [6.45, 7) is 2.08. The number of hydrogen-bond donors (Lipinski definition) is 1. The highest BCUT2D eigenvalue weighted by atomic mass is 19.4. The Kier molecular flexibility index (Phi) is 4.54. The van der Waals surface area contributed by atoms with E-state index < -0.39 is 12.8 Å². The van der Waals surface area contributed by atoms with E-state index in [1.54, 1.807) is 4.90 Å². The Morgan fingerprint density at radius 1 is 1.52 bits per heavy atom. The van der Waals surface area contributed by atoms with Crippen LogP contribution in [0.3, 0.4) is 0 Å². The number of nitrogens with zero attached hydrogens (tertiary/aromatic N) is 2. The smallest absolute Gasteiger partial charge is 0.422 e. The summed E-state index contributed by atoms with van der Waals surface area (Å²) in [5.41, 5.74) is 0.416. The predicted molar refractivity (Wildman–Crippen MR) is 70.2 cm³/mol. The van der Waals surface area contributed by atoms with Crippen LogP contribution in [-0.4, -0.2) is 41.8 Å². The number of urea groups is 1. The number of alkyl halides is 3. The number of likely N-dealkylation sites (tertiary alicyclic amines) is 1. The van der Waals surface area contributed by atoms with E-state index in [1.165, 1.54) is 18.3 Å². The van der Waals surface area contributed by atoms with E-state index in [0.717, 1.165) is 6.42 Å². The summed E-state index contributed by atoms with van der Waals surface area (Å²) in [5, 5.41) is 2.65. The number of pyridine rings is 1. The van der Waals surface area contributed by atoms with Crippen molar-refractivity contribution in [3.8, 4) is 5.88 Å². The second-order valence-electron chi connectivity index (χ2n) is 5.06. The molecule has 8 heteroatoms. The number of carbonyl (C=O) groups excluding carboxylic acids is 1. The van der Waals surface area contributed by atoms with Gasteiger partial charge in [-0.15, -0.1) is 0 Å². The van der Waals surface area contributed by atoms with Crippen molar-refractivity contribution in [2.24, 2.45) is 5.92 Å². The van der Waals surface area contributed by atoms with Crippen LogP contribution in [0.4, 0.5) is 23.7 Å². The molecule has 1 aliphatic rings. The van der Waals surface area contributed by atoms with E-state index in [9.17, 15) is 18.0 Å². The Hall–Kier alpha value is -1.99. The van der Waals surface area contributed by atoms with Crippen LogP contribution >= 0.6 is 0 Å². The molecule has 1 unspecified atom stereocenters. The number of nitrogens with one attached hydrogen (secondary N) is 1. The third-order valence-corrected chi connectivity index (χ3v) is 3.08. The van der Waals surface area contributed by atoms with Crippen LogP contribution in [0.5, 0.6) is 5.88 Å². The Morgan fingerprint density at radius 3 is 2.81 bits per heavy atom. The molecule has 21 heavy (non-hydrogen) atoms. The molecule has 0 radical (unpaired) electrons. The van der Waals surface area contributed by atoms with Crippen molar-refractivity contribution in [1.82, 2.24) is 9.88 Å². The maximum absolute atomic E-state index is 12.0. The lowest BCUT2D eigenvalue weighted by Crippen LogP contribution is -2.32. The molecule has 0 aromatic carbocycles. The Morgan fingerprint density at radius 2 is 2.29 bits per heavy atom. The first-order valence-corrected chi connectivity index (χ1v) is 6.55. The molecule has 2 amide bonds. The second-order valence-corrected chi connectivity index (χ2v) is 5.06. The summed E-state index contributed by atoms with van der Waals surface area (Å²) in [5.74, 6) is 0.340. The molecule has 1 aliphatic heterocycles. The van der Waals surface area contributed by atoms with Gasteiger partial charge in [0.25, 0.3) is 0 Å². The summed E-state index contributed by atoms with van der Waals surface area (Å²) < 4.78 is 40.4. The van der Waals surface area contributed by atoms with E-state index >= 15 is 0 Å². The van der Waals surface area contributed by atoms with Crippen LogP contribution in [0.15, 0.2) is 18.3 Å². The van der Waals surface area contributed by atoms with Crippen LogP contribution in [-0.2, 0) is 0 Å². The average molecular weight is 303 g/mol. The lowest BCUT2D eigenvalue weighted by Gasteiger charge is -2.16. The number of halogens is 3. The van der Waals surface area contributed by atoms with Gasteiger partial charge in [-0.2, -0.15) is 13.2 Å². The van der Waals surface area contributed by atoms with E-state index in [-0.39, 0.29) is 11.9 Å². The highest BCUT2D eigenvalue weighted by Gasteiger charge is 2.28. The van der Waals surface area contributed by atoms with E-state index in [1.807, 2.05) is 0 Å². The summed E-state index contributed by atoms with van der Waals surface area (Å²) in [6, 6.07) is 2.51. The van der Waals surface area contributed by atoms with Gasteiger partial charge in [0, 0.05) is 19.2 Å². The molecule has 1 atom stereocenters. The first-order chi connectivity index (χ1) is 9.83. The SMILES string of the molecule is CC1CCN(C(=O)Nc2ccc(OCC(F)(F)F)nc2)C1. The topological polar surface area (TPSA) is 54.5 Å². The number of rotatable bonds is 3. The van der Waals surface area contributed by atoms with Crippen LogP contribution in [0, 0.1) is 5.92 Å². The minimum absolute atomic E-state index is 0.139. The minimum Gasteiger partial charge on any atom is -0.468 e. The largest absolute Gasteiger partial charge is 0.468 e. The zero-order valence-electron chi connectivity index (χ0n) is 11.5. The van der Waals surface area contributed by atoms with Gasteiger partial charge >= 0.3 is 12.2 Å². The maximum atomic E-state index is 12.0. The second kappa shape index (κ2) is 6.19. The first-order valence-electron chi connectivity index (χ1n) is 6.55. The van der Waals surface area contributed by atoms with Gasteiger partial charge < -0.3 is 15.0 Å². The van der Waals surface area contributed by atoms with Crippen molar-refractivity contribution in [3.63, 3.8) is 0 Å². The summed E-state index contributed by atoms with van der Waals surface area (Å²) >= 11 is 0. The molecule has 1 N–H and O–H groups in total. The maximum Gasteiger partial charge on any atom is 0.422 e. The number of anilines is 1. The Bertz CT molecular complexity index is 490. The van der Waals surface area contributed by atoms with Gasteiger partial charge in [0.15, 0.2) is 6.61 Å². The number of ether oxygens (including phenoxy) is 1. The van der Waals surface area contributed by atoms with Gasteiger partial charge in [-0.05, 0) is 18.4 Å². The zero-order chi connectivity index (χ0) is 15.5. The molecule has 1 aromatic rings. The van der Waals surface area contributed by atoms with Crippen molar-refractivity contribution >= 4 is 11.7 Å². The highest BCUT2D eigenvalue weighted by Crippen LogP contribution is 2.19. The molecule has 0 bridgehead atoms. The molecule has 2 rings (SSSR count). The lowest BCUT2D eigenvalue weighted by molar-refractivity contribution is -0.154. The van der Waals surface area contributed by atoms with Crippen molar-refractivity contribution in [1.29, 1.82) is 0 Å². The monoisotopic (exact) mass is 303 g/mol. The standard InChI is InChI=1S/C13H16F3N3O2/c1-9-4-5-19(7-9)12(20)18-10-2-3-11(17-6-10)21-8-13(14,15)16/h2-3,6,9H,4-5,7-8H2,1H3,(H,18,20). The lowest BCUT2D eigenvalue weighted by atomic mass is 10.2. The number of hydrogen-bond acceptors (Lipinski definition) is 3. The zero-order valence-corrected chi connectivity index (χ0v) is 11.5. The third-order valence-electron chi connectivity index (χ3n) is 3.08. The molecule has 0 aliphatic carbocycles. The van der Waals surface area contributed by atoms with E-state index in [2.05, 4.69) is 22.0 Å². The first kappa shape index (κ1) is 15.4. The molecule has 0 saturated carbocycles. The summed E-state index contributed by atoms with van der Waals surface area (Å²) in [7, 11) is 0. The van der Waals surface area contributed by atoms with Gasteiger partial charge in [0.1, 0.15) is 0 Å². The van der Waals surface area contributed by atoms with Gasteiger partial charge in [-0.1, -0.05) is 6.92 Å². The fourth-order valence-electron chi connectivity index (χ4n) is 2.02. The molecule has 2 heterocycles. The molecular formula is C13H16F3N3O2. The third kappa shape index (κ3) is 4.80. The average Bonchev–Trinajstić information content (AvgIpc) is 2.84. The number of aromatic nitrogens is 1.